The summed E-state index contributed by atoms with van der Waals surface area (Å²) in [5, 5.41) is 13.9. The number of amides is 1. The van der Waals surface area contributed by atoms with Gasteiger partial charge < -0.3 is 29.4 Å². The minimum Gasteiger partial charge on any atom is -0.872 e. The molecular weight excluding hydrogens is 474 g/mol. The summed E-state index contributed by atoms with van der Waals surface area (Å²) in [4.78, 5) is 44.6. The number of methoxy groups -OCH3 is 1. The second-order valence-electron chi connectivity index (χ2n) is 9.15. The summed E-state index contributed by atoms with van der Waals surface area (Å²) in [6, 6.07) is 6.29. The Balaban J connectivity index is 2.11. The number of quaternary nitrogens is 1. The highest BCUT2D eigenvalue weighted by Gasteiger charge is 2.44. The Labute approximate surface area is 218 Å². The Morgan fingerprint density at radius 2 is 1.76 bits per heavy atom. The van der Waals surface area contributed by atoms with Crippen LogP contribution in [0.4, 0.5) is 0 Å². The highest BCUT2D eigenvalue weighted by atomic mass is 16.5. The van der Waals surface area contributed by atoms with Gasteiger partial charge in [0.2, 0.25) is 5.78 Å². The fourth-order valence-electron chi connectivity index (χ4n) is 4.99. The fourth-order valence-corrected chi connectivity index (χ4v) is 4.99. The van der Waals surface area contributed by atoms with Gasteiger partial charge in [-0.2, -0.15) is 0 Å². The molecule has 1 saturated heterocycles. The molecule has 9 nitrogen and oxygen atoms in total. The summed E-state index contributed by atoms with van der Waals surface area (Å²) in [6.45, 7) is 13.0. The number of aryl methyl sites for hydroxylation is 1. The van der Waals surface area contributed by atoms with E-state index in [-0.39, 0.29) is 16.8 Å². The number of rotatable bonds is 11. The highest BCUT2D eigenvalue weighted by Crippen LogP contribution is 2.40. The summed E-state index contributed by atoms with van der Waals surface area (Å²) >= 11 is 0. The van der Waals surface area contributed by atoms with Crippen LogP contribution >= 0.6 is 0 Å². The van der Waals surface area contributed by atoms with E-state index in [2.05, 4.69) is 18.8 Å². The first-order valence-corrected chi connectivity index (χ1v) is 12.8. The normalized spacial score (nSPS) is 17.1. The molecule has 37 heavy (non-hydrogen) atoms. The summed E-state index contributed by atoms with van der Waals surface area (Å²) < 4.78 is 10.4. The monoisotopic (exact) mass is 511 g/mol. The zero-order valence-electron chi connectivity index (χ0n) is 22.5. The number of nitrogens with zero attached hydrogens (tertiary/aromatic N) is 1. The van der Waals surface area contributed by atoms with Crippen molar-refractivity contribution in [3.8, 4) is 5.75 Å². The van der Waals surface area contributed by atoms with Gasteiger partial charge in [-0.25, -0.2) is 4.79 Å². The van der Waals surface area contributed by atoms with E-state index in [0.717, 1.165) is 19.6 Å². The van der Waals surface area contributed by atoms with Gasteiger partial charge in [0.15, 0.2) is 0 Å². The molecule has 1 unspecified atom stereocenters. The number of nitrogens with one attached hydrogen (secondary N) is 2. The minimum atomic E-state index is -0.829. The molecule has 1 aliphatic rings. The van der Waals surface area contributed by atoms with Crippen molar-refractivity contribution < 1.29 is 33.9 Å². The zero-order chi connectivity index (χ0) is 27.3. The van der Waals surface area contributed by atoms with Crippen molar-refractivity contribution in [2.75, 3.05) is 39.9 Å². The summed E-state index contributed by atoms with van der Waals surface area (Å²) in [5.41, 5.74) is 1.73. The average Bonchev–Trinajstić information content (AvgIpc) is 3.33. The van der Waals surface area contributed by atoms with E-state index in [4.69, 9.17) is 9.47 Å². The third-order valence-corrected chi connectivity index (χ3v) is 7.02. The lowest BCUT2D eigenvalue weighted by Crippen LogP contribution is -3.11. The van der Waals surface area contributed by atoms with Crippen molar-refractivity contribution in [1.29, 1.82) is 0 Å². The van der Waals surface area contributed by atoms with Crippen molar-refractivity contribution in [3.63, 3.8) is 0 Å². The number of ether oxygens (including phenoxy) is 2. The van der Waals surface area contributed by atoms with Crippen LogP contribution in [0.1, 0.15) is 66.1 Å². The van der Waals surface area contributed by atoms with Crippen LogP contribution in [0.25, 0.3) is 5.76 Å². The first kappa shape index (κ1) is 28.0. The van der Waals surface area contributed by atoms with E-state index < -0.39 is 29.5 Å². The topological polar surface area (TPSA) is 116 Å². The molecule has 0 aliphatic carbocycles. The zero-order valence-corrected chi connectivity index (χ0v) is 22.5. The molecule has 1 aliphatic heterocycles. The second kappa shape index (κ2) is 12.1. The number of aromatic amines is 1. The Morgan fingerprint density at radius 1 is 1.11 bits per heavy atom. The Bertz CT molecular complexity index is 1180. The van der Waals surface area contributed by atoms with Gasteiger partial charge in [-0.05, 0) is 63.4 Å². The molecule has 1 aromatic heterocycles. The number of carbonyl (C=O) groups excluding carboxylic acids is 3. The number of Topliss-reactive ketones (excluding diaryl/α,β-unsaturated/α-hetero) is 1. The first-order valence-electron chi connectivity index (χ1n) is 12.8. The SMILES string of the molecule is CCOc1ccc(C2C(=C([O-])c3c(C)[nH]c(C(=O)OC)c3C)C(=O)C(=O)N2CCC[NH+](CC)CC)cc1. The standard InChI is InChI=1S/C28H37N3O6/c1-7-30(8-2)15-10-16-31-24(19-11-13-20(14-12-19)37-9-3)22(26(33)27(31)34)25(32)21-17(4)23(28(35)36-6)29-18(21)5/h11-14,24,29,32H,7-10,15-16H2,1-6H3. The van der Waals surface area contributed by atoms with E-state index >= 15 is 0 Å². The Hall–Kier alpha value is -3.59. The van der Waals surface area contributed by atoms with Crippen molar-refractivity contribution in [2.45, 2.75) is 47.1 Å². The van der Waals surface area contributed by atoms with Gasteiger partial charge in [0.1, 0.15) is 11.4 Å². The van der Waals surface area contributed by atoms with Crippen LogP contribution in [0, 0.1) is 13.8 Å². The number of ketones is 1. The number of likely N-dealkylation sites (tertiary alicyclic amines) is 1. The van der Waals surface area contributed by atoms with Crippen molar-refractivity contribution in [1.82, 2.24) is 9.88 Å². The number of esters is 1. The van der Waals surface area contributed by atoms with E-state index in [1.165, 1.54) is 16.9 Å². The average molecular weight is 512 g/mol. The Morgan fingerprint density at radius 3 is 2.32 bits per heavy atom. The second-order valence-corrected chi connectivity index (χ2v) is 9.15. The summed E-state index contributed by atoms with van der Waals surface area (Å²) in [5.74, 6) is -2.00. The third-order valence-electron chi connectivity index (χ3n) is 7.02. The lowest BCUT2D eigenvalue weighted by molar-refractivity contribution is -0.896. The number of hydrogen-bond donors (Lipinski definition) is 2. The maximum absolute atomic E-state index is 13.9. The van der Waals surface area contributed by atoms with Crippen LogP contribution in [0.3, 0.4) is 0 Å². The maximum Gasteiger partial charge on any atom is 0.354 e. The molecule has 0 spiro atoms. The molecule has 1 aromatic carbocycles. The molecule has 1 fully saturated rings. The van der Waals surface area contributed by atoms with Crippen LogP contribution in [0.5, 0.6) is 5.75 Å². The molecule has 0 saturated carbocycles. The molecule has 1 amide bonds. The molecular formula is C28H37N3O6. The molecule has 2 heterocycles. The molecule has 1 atom stereocenters. The van der Waals surface area contributed by atoms with Gasteiger partial charge >= 0.3 is 5.97 Å². The van der Waals surface area contributed by atoms with Gasteiger partial charge in [0, 0.05) is 24.2 Å². The van der Waals surface area contributed by atoms with Crippen molar-refractivity contribution in [3.05, 3.63) is 57.9 Å². The number of hydrogen-bond acceptors (Lipinski definition) is 6. The van der Waals surface area contributed by atoms with Crippen LogP contribution in [0.15, 0.2) is 29.8 Å². The number of benzene rings is 1. The van der Waals surface area contributed by atoms with Gasteiger partial charge in [-0.3, -0.25) is 9.59 Å². The molecule has 3 rings (SSSR count). The van der Waals surface area contributed by atoms with Crippen LogP contribution in [-0.2, 0) is 14.3 Å². The van der Waals surface area contributed by atoms with Crippen molar-refractivity contribution >= 4 is 23.4 Å². The highest BCUT2D eigenvalue weighted by molar-refractivity contribution is 6.46. The lowest BCUT2D eigenvalue weighted by atomic mass is 9.94. The predicted molar refractivity (Wildman–Crippen MR) is 137 cm³/mol. The van der Waals surface area contributed by atoms with Gasteiger partial charge in [0.05, 0.1) is 39.4 Å². The first-order chi connectivity index (χ1) is 17.7. The van der Waals surface area contributed by atoms with Gasteiger partial charge in [-0.1, -0.05) is 17.9 Å². The molecule has 9 heteroatoms. The van der Waals surface area contributed by atoms with E-state index in [0.29, 0.717) is 42.1 Å². The van der Waals surface area contributed by atoms with Crippen LogP contribution in [0.2, 0.25) is 0 Å². The number of H-pyrrole nitrogens is 1. The number of aromatic nitrogens is 1. The maximum atomic E-state index is 13.9. The molecule has 0 radical (unpaired) electrons. The fraction of sp³-hybridized carbons (Fsp3) is 0.464. The van der Waals surface area contributed by atoms with E-state index in [9.17, 15) is 19.5 Å². The van der Waals surface area contributed by atoms with E-state index in [1.807, 2.05) is 6.92 Å². The predicted octanol–water partition coefficient (Wildman–Crippen LogP) is 1.36. The van der Waals surface area contributed by atoms with Gasteiger partial charge in [-0.15, -0.1) is 0 Å². The van der Waals surface area contributed by atoms with Crippen LogP contribution in [-0.4, -0.2) is 67.4 Å². The van der Waals surface area contributed by atoms with Crippen LogP contribution < -0.4 is 14.7 Å². The molecule has 2 aromatic rings. The quantitative estimate of drug-likeness (QED) is 0.204. The summed E-state index contributed by atoms with van der Waals surface area (Å²) in [7, 11) is 1.26. The molecule has 0 bridgehead atoms. The minimum absolute atomic E-state index is 0.106. The van der Waals surface area contributed by atoms with E-state index in [1.54, 1.807) is 38.1 Å². The molecule has 200 valence electrons. The van der Waals surface area contributed by atoms with Gasteiger partial charge in [0.25, 0.3) is 5.91 Å². The Kier molecular flexibility index (Phi) is 9.15. The lowest BCUT2D eigenvalue weighted by Gasteiger charge is -2.28. The molecule has 2 N–H and O–H groups in total. The summed E-state index contributed by atoms with van der Waals surface area (Å²) in [6.07, 6.45) is 0.694. The smallest absolute Gasteiger partial charge is 0.354 e. The number of carbonyl (C=O) groups is 3. The van der Waals surface area contributed by atoms with Crippen molar-refractivity contribution in [2.24, 2.45) is 0 Å². The third kappa shape index (κ3) is 5.56. The largest absolute Gasteiger partial charge is 0.872 e.